The third-order valence-corrected chi connectivity index (χ3v) is 2.83. The van der Waals surface area contributed by atoms with Crippen molar-refractivity contribution in [1.29, 1.82) is 0 Å². The zero-order chi connectivity index (χ0) is 15.3. The largest absolute Gasteiger partial charge is 0.574 e. The van der Waals surface area contributed by atoms with Gasteiger partial charge in [0.2, 0.25) is 5.88 Å². The van der Waals surface area contributed by atoms with E-state index in [1.54, 1.807) is 0 Å². The average molecular weight is 358 g/mol. The maximum atomic E-state index is 12.3. The van der Waals surface area contributed by atoms with Crippen LogP contribution in [0.2, 0.25) is 0 Å². The van der Waals surface area contributed by atoms with Gasteiger partial charge in [0.25, 0.3) is 0 Å². The Hall–Kier alpha value is -1.51. The van der Waals surface area contributed by atoms with Gasteiger partial charge < -0.3 is 14.2 Å². The van der Waals surface area contributed by atoms with E-state index in [1.165, 1.54) is 14.2 Å². The molecule has 0 atom stereocenters. The summed E-state index contributed by atoms with van der Waals surface area (Å²) in [5.74, 6) is -1.09. The smallest absolute Gasteiger partial charge is 0.496 e. The highest BCUT2D eigenvalue weighted by molar-refractivity contribution is 9.08. The number of methoxy groups -OCH3 is 2. The van der Waals surface area contributed by atoms with Crippen LogP contribution < -0.4 is 9.47 Å². The molecule has 0 fully saturated rings. The lowest BCUT2D eigenvalue weighted by atomic mass is 10.1. The van der Waals surface area contributed by atoms with Crippen LogP contribution in [0.25, 0.3) is 0 Å². The third-order valence-electron chi connectivity index (χ3n) is 2.27. The van der Waals surface area contributed by atoms with Crippen molar-refractivity contribution < 1.29 is 32.2 Å². The maximum Gasteiger partial charge on any atom is 0.574 e. The number of carbonyl (C=O) groups is 1. The number of hydrogen-bond donors (Lipinski definition) is 0. The number of halogens is 4. The molecule has 0 unspecified atom stereocenters. The monoisotopic (exact) mass is 357 g/mol. The van der Waals surface area contributed by atoms with E-state index in [9.17, 15) is 18.0 Å². The van der Waals surface area contributed by atoms with Crippen LogP contribution in [0.5, 0.6) is 11.6 Å². The van der Waals surface area contributed by atoms with Crippen LogP contribution in [0.15, 0.2) is 6.20 Å². The summed E-state index contributed by atoms with van der Waals surface area (Å²) in [6.07, 6.45) is -3.94. The van der Waals surface area contributed by atoms with Crippen LogP contribution in [-0.4, -0.2) is 31.5 Å². The minimum Gasteiger partial charge on any atom is -0.496 e. The second-order valence-electron chi connectivity index (χ2n) is 3.53. The molecule has 0 aromatic carbocycles. The highest BCUT2D eigenvalue weighted by Gasteiger charge is 2.34. The van der Waals surface area contributed by atoms with Crippen molar-refractivity contribution >= 4 is 21.9 Å². The van der Waals surface area contributed by atoms with Gasteiger partial charge in [-0.05, 0) is 0 Å². The van der Waals surface area contributed by atoms with Gasteiger partial charge in [0.15, 0.2) is 0 Å². The molecule has 1 rings (SSSR count). The van der Waals surface area contributed by atoms with E-state index >= 15 is 0 Å². The number of alkyl halides is 4. The summed E-state index contributed by atoms with van der Waals surface area (Å²) < 4.78 is 50.1. The molecule has 0 amide bonds. The van der Waals surface area contributed by atoms with E-state index in [0.29, 0.717) is 5.56 Å². The fourth-order valence-electron chi connectivity index (χ4n) is 1.49. The fraction of sp³-hybridized carbons (Fsp3) is 0.455. The molecule has 0 saturated carbocycles. The van der Waals surface area contributed by atoms with E-state index in [1.807, 2.05) is 0 Å². The number of ether oxygens (including phenoxy) is 3. The summed E-state index contributed by atoms with van der Waals surface area (Å²) >= 11 is 3.04. The molecule has 1 heterocycles. The second-order valence-corrected chi connectivity index (χ2v) is 4.10. The highest BCUT2D eigenvalue weighted by Crippen LogP contribution is 2.35. The van der Waals surface area contributed by atoms with Gasteiger partial charge in [0, 0.05) is 17.1 Å². The van der Waals surface area contributed by atoms with E-state index in [2.05, 4.69) is 30.4 Å². The molecule has 5 nitrogen and oxygen atoms in total. The van der Waals surface area contributed by atoms with Crippen LogP contribution in [0.1, 0.15) is 11.1 Å². The van der Waals surface area contributed by atoms with Crippen molar-refractivity contribution in [3.05, 3.63) is 17.3 Å². The summed E-state index contributed by atoms with van der Waals surface area (Å²) in [6, 6.07) is 0. The minimum absolute atomic E-state index is 0.0175. The lowest BCUT2D eigenvalue weighted by Gasteiger charge is -2.16. The van der Waals surface area contributed by atoms with Crippen molar-refractivity contribution in [2.75, 3.05) is 14.2 Å². The first kappa shape index (κ1) is 16.5. The Kier molecular flexibility index (Phi) is 5.61. The number of nitrogens with zero attached hydrogens (tertiary/aromatic N) is 1. The van der Waals surface area contributed by atoms with Crippen molar-refractivity contribution in [2.24, 2.45) is 0 Å². The van der Waals surface area contributed by atoms with Gasteiger partial charge >= 0.3 is 12.3 Å². The molecule has 0 aliphatic heterocycles. The van der Waals surface area contributed by atoms with Crippen LogP contribution >= 0.6 is 15.9 Å². The first-order valence-corrected chi connectivity index (χ1v) is 6.37. The van der Waals surface area contributed by atoms with E-state index < -0.39 is 18.2 Å². The van der Waals surface area contributed by atoms with Crippen LogP contribution in [-0.2, 0) is 21.3 Å². The van der Waals surface area contributed by atoms with Gasteiger partial charge in [-0.25, -0.2) is 4.98 Å². The Morgan fingerprint density at radius 3 is 2.50 bits per heavy atom. The quantitative estimate of drug-likeness (QED) is 0.598. The molecule has 1 aromatic rings. The van der Waals surface area contributed by atoms with E-state index in [-0.39, 0.29) is 23.1 Å². The molecule has 9 heteroatoms. The van der Waals surface area contributed by atoms with E-state index in [0.717, 1.165) is 6.20 Å². The molecule has 0 bridgehead atoms. The topological polar surface area (TPSA) is 57.7 Å². The molecule has 0 aliphatic rings. The summed E-state index contributed by atoms with van der Waals surface area (Å²) in [5, 5.41) is 0.0175. The van der Waals surface area contributed by atoms with Gasteiger partial charge in [-0.1, -0.05) is 15.9 Å². The summed E-state index contributed by atoms with van der Waals surface area (Å²) in [6.45, 7) is 0. The SMILES string of the molecule is COC(=O)Cc1cnc(OC(F)(F)F)c(CBr)c1OC. The Bertz CT molecular complexity index is 493. The maximum absolute atomic E-state index is 12.3. The fourth-order valence-corrected chi connectivity index (χ4v) is 1.98. The third kappa shape index (κ3) is 4.26. The molecule has 0 aliphatic carbocycles. The molecule has 112 valence electrons. The Morgan fingerprint density at radius 1 is 1.40 bits per heavy atom. The molecule has 1 aromatic heterocycles. The van der Waals surface area contributed by atoms with Crippen molar-refractivity contribution in [3.8, 4) is 11.6 Å². The zero-order valence-corrected chi connectivity index (χ0v) is 12.2. The highest BCUT2D eigenvalue weighted by atomic mass is 79.9. The molecule has 0 N–H and O–H groups in total. The molecular formula is C11H11BrF3NO4. The Morgan fingerprint density at radius 2 is 2.05 bits per heavy atom. The first-order chi connectivity index (χ1) is 9.32. The number of rotatable bonds is 5. The van der Waals surface area contributed by atoms with Gasteiger partial charge in [0.1, 0.15) is 5.75 Å². The molecule has 20 heavy (non-hydrogen) atoms. The minimum atomic E-state index is -4.86. The summed E-state index contributed by atoms with van der Waals surface area (Å²) in [5.41, 5.74) is 0.370. The molecule has 0 radical (unpaired) electrons. The van der Waals surface area contributed by atoms with Crippen molar-refractivity contribution in [2.45, 2.75) is 18.1 Å². The Labute approximate surface area is 121 Å². The number of hydrogen-bond acceptors (Lipinski definition) is 5. The number of carbonyl (C=O) groups excluding carboxylic acids is 1. The Balaban J connectivity index is 3.22. The predicted octanol–water partition coefficient (Wildman–Crippen LogP) is 2.60. The lowest BCUT2D eigenvalue weighted by molar-refractivity contribution is -0.276. The molecule has 0 spiro atoms. The van der Waals surface area contributed by atoms with Crippen LogP contribution in [0, 0.1) is 0 Å². The van der Waals surface area contributed by atoms with Crippen molar-refractivity contribution in [1.82, 2.24) is 4.98 Å². The number of aromatic nitrogens is 1. The lowest BCUT2D eigenvalue weighted by Crippen LogP contribution is -2.19. The number of esters is 1. The molecular weight excluding hydrogens is 347 g/mol. The van der Waals surface area contributed by atoms with Crippen molar-refractivity contribution in [3.63, 3.8) is 0 Å². The molecule has 0 saturated heterocycles. The van der Waals surface area contributed by atoms with Gasteiger partial charge in [0.05, 0.1) is 26.2 Å². The van der Waals surface area contributed by atoms with Crippen LogP contribution in [0.4, 0.5) is 13.2 Å². The van der Waals surface area contributed by atoms with Crippen LogP contribution in [0.3, 0.4) is 0 Å². The van der Waals surface area contributed by atoms with Gasteiger partial charge in [-0.2, -0.15) is 0 Å². The van der Waals surface area contributed by atoms with E-state index in [4.69, 9.17) is 4.74 Å². The second kappa shape index (κ2) is 6.78. The average Bonchev–Trinajstić information content (AvgIpc) is 2.37. The van der Waals surface area contributed by atoms with Gasteiger partial charge in [-0.3, -0.25) is 4.79 Å². The normalized spacial score (nSPS) is 11.1. The zero-order valence-electron chi connectivity index (χ0n) is 10.6. The standard InChI is InChI=1S/C11H11BrF3NO4/c1-18-8(17)3-6-5-16-10(20-11(13,14)15)7(4-12)9(6)19-2/h5H,3-4H2,1-2H3. The number of pyridine rings is 1. The van der Waals surface area contributed by atoms with Gasteiger partial charge in [-0.15, -0.1) is 13.2 Å². The predicted molar refractivity (Wildman–Crippen MR) is 65.8 cm³/mol. The summed E-state index contributed by atoms with van der Waals surface area (Å²) in [7, 11) is 2.48. The first-order valence-electron chi connectivity index (χ1n) is 5.25. The summed E-state index contributed by atoms with van der Waals surface area (Å²) in [4.78, 5) is 14.8.